The van der Waals surface area contributed by atoms with Crippen LogP contribution in [0.25, 0.3) is 0 Å². The summed E-state index contributed by atoms with van der Waals surface area (Å²) in [5, 5.41) is 5.79. The Kier molecular flexibility index (Phi) is 11.0. The van der Waals surface area contributed by atoms with E-state index in [-0.39, 0.29) is 23.1 Å². The van der Waals surface area contributed by atoms with Crippen LogP contribution in [0.5, 0.6) is 0 Å². The minimum Gasteiger partial charge on any atom is -1.00 e. The topological polar surface area (TPSA) is 30.1 Å². The number of benzene rings is 3. The number of anilines is 1. The van der Waals surface area contributed by atoms with Crippen molar-refractivity contribution in [2.24, 2.45) is 0 Å². The van der Waals surface area contributed by atoms with Gasteiger partial charge in [-0.15, -0.1) is 0 Å². The first kappa shape index (κ1) is 28.8. The Morgan fingerprint density at radius 1 is 0.944 bits per heavy atom. The first-order chi connectivity index (χ1) is 16.9. The van der Waals surface area contributed by atoms with Crippen molar-refractivity contribution in [2.75, 3.05) is 11.9 Å². The van der Waals surface area contributed by atoms with E-state index in [9.17, 15) is 0 Å². The normalized spacial score (nSPS) is 11.7. The van der Waals surface area contributed by atoms with E-state index in [4.69, 9.17) is 51.1 Å². The smallest absolute Gasteiger partial charge is 0.243 e. The molecule has 4 aromatic rings. The molecule has 0 bridgehead atoms. The van der Waals surface area contributed by atoms with Gasteiger partial charge >= 0.3 is 0 Å². The van der Waals surface area contributed by atoms with Gasteiger partial charge in [0.1, 0.15) is 31.6 Å². The Balaban J connectivity index is 0.00000361. The number of rotatable bonds is 10. The van der Waals surface area contributed by atoms with E-state index < -0.39 is 0 Å². The zero-order chi connectivity index (χ0) is 24.8. The molecule has 1 heterocycles. The van der Waals surface area contributed by atoms with Crippen molar-refractivity contribution in [3.05, 3.63) is 116 Å². The third-order valence-electron chi connectivity index (χ3n) is 5.72. The minimum absolute atomic E-state index is 0. The van der Waals surface area contributed by atoms with Crippen LogP contribution in [0.4, 0.5) is 5.69 Å². The lowest BCUT2D eigenvalue weighted by molar-refractivity contribution is -0.704. The Morgan fingerprint density at radius 3 is 2.39 bits per heavy atom. The Hall–Kier alpha value is -1.73. The molecule has 190 valence electrons. The van der Waals surface area contributed by atoms with Crippen LogP contribution >= 0.6 is 46.4 Å². The number of aryl methyl sites for hydroxylation is 1. The van der Waals surface area contributed by atoms with Gasteiger partial charge in [-0.05, 0) is 48.4 Å². The van der Waals surface area contributed by atoms with Crippen molar-refractivity contribution >= 4 is 52.1 Å². The quantitative estimate of drug-likeness (QED) is 0.256. The molecule has 0 amide bonds. The van der Waals surface area contributed by atoms with Gasteiger partial charge in [-0.25, -0.2) is 9.13 Å². The fourth-order valence-corrected chi connectivity index (χ4v) is 4.79. The molecule has 1 atom stereocenters. The zero-order valence-electron chi connectivity index (χ0n) is 19.6. The lowest BCUT2D eigenvalue weighted by Gasteiger charge is -2.19. The van der Waals surface area contributed by atoms with Crippen LogP contribution in [-0.2, 0) is 24.4 Å². The van der Waals surface area contributed by atoms with Gasteiger partial charge in [-0.2, -0.15) is 0 Å². The number of imidazole rings is 1. The minimum atomic E-state index is -0.308. The van der Waals surface area contributed by atoms with E-state index in [2.05, 4.69) is 46.0 Å². The number of hydrogen-bond acceptors (Lipinski definition) is 2. The highest BCUT2D eigenvalue weighted by atomic mass is 79.9. The second kappa shape index (κ2) is 13.7. The SMILES string of the molecule is Cc1ccccc1NCCn1cc[n+](CC(OCc2ccc(Cl)cc2Cl)c2ccc(Cl)cc2Cl)c1.[Br-]. The summed E-state index contributed by atoms with van der Waals surface area (Å²) in [5.74, 6) is 0. The molecule has 4 rings (SSSR count). The maximum absolute atomic E-state index is 6.54. The molecule has 1 N–H and O–H groups in total. The van der Waals surface area contributed by atoms with Crippen LogP contribution in [0.2, 0.25) is 20.1 Å². The number of aromatic nitrogens is 2. The molecular formula is C27H26BrCl4N3O. The number of nitrogens with zero attached hydrogens (tertiary/aromatic N) is 2. The first-order valence-electron chi connectivity index (χ1n) is 11.2. The molecule has 9 heteroatoms. The van der Waals surface area contributed by atoms with E-state index >= 15 is 0 Å². The maximum atomic E-state index is 6.54. The Bertz CT molecular complexity index is 1300. The molecule has 0 saturated heterocycles. The summed E-state index contributed by atoms with van der Waals surface area (Å²) in [6.45, 7) is 4.64. The van der Waals surface area contributed by atoms with Crippen LogP contribution in [-0.4, -0.2) is 11.1 Å². The maximum Gasteiger partial charge on any atom is 0.243 e. The lowest BCUT2D eigenvalue weighted by Crippen LogP contribution is -3.00. The van der Waals surface area contributed by atoms with Gasteiger partial charge in [0, 0.05) is 31.3 Å². The highest BCUT2D eigenvalue weighted by molar-refractivity contribution is 6.35. The second-order valence-electron chi connectivity index (χ2n) is 8.29. The molecular weight excluding hydrogens is 604 g/mol. The average molecular weight is 630 g/mol. The molecule has 3 aromatic carbocycles. The van der Waals surface area contributed by atoms with Crippen LogP contribution in [0.15, 0.2) is 79.4 Å². The zero-order valence-corrected chi connectivity index (χ0v) is 24.2. The number of ether oxygens (including phenoxy) is 1. The van der Waals surface area contributed by atoms with Crippen molar-refractivity contribution in [2.45, 2.75) is 32.7 Å². The number of hydrogen-bond donors (Lipinski definition) is 1. The highest BCUT2D eigenvalue weighted by Crippen LogP contribution is 2.31. The van der Waals surface area contributed by atoms with Crippen LogP contribution in [0.1, 0.15) is 22.8 Å². The lowest BCUT2D eigenvalue weighted by atomic mass is 10.1. The molecule has 0 fully saturated rings. The largest absolute Gasteiger partial charge is 1.00 e. The third-order valence-corrected chi connectivity index (χ3v) is 6.87. The molecule has 0 saturated carbocycles. The fraction of sp³-hybridized carbons (Fsp3) is 0.222. The molecule has 0 spiro atoms. The molecule has 36 heavy (non-hydrogen) atoms. The molecule has 1 aromatic heterocycles. The monoisotopic (exact) mass is 627 g/mol. The summed E-state index contributed by atoms with van der Waals surface area (Å²) in [5.41, 5.74) is 4.11. The van der Waals surface area contributed by atoms with Gasteiger partial charge in [-0.1, -0.05) is 76.7 Å². The third kappa shape index (κ3) is 7.88. The van der Waals surface area contributed by atoms with Crippen molar-refractivity contribution in [3.8, 4) is 0 Å². The van der Waals surface area contributed by atoms with Gasteiger partial charge < -0.3 is 27.0 Å². The summed E-state index contributed by atoms with van der Waals surface area (Å²) in [7, 11) is 0. The molecule has 1 unspecified atom stereocenters. The number of para-hydroxylation sites is 1. The van der Waals surface area contributed by atoms with E-state index in [1.54, 1.807) is 18.2 Å². The molecule has 0 aliphatic carbocycles. The standard InChI is InChI=1S/C27H26Cl4N3O.BrH/c1-19-4-2-3-5-26(19)32-10-11-33-12-13-34(18-33)16-27(23-9-8-22(29)15-25(23)31)35-17-20-6-7-21(28)14-24(20)30;/h2-9,12-15,18,27,32H,10-11,16-17H2,1H3;1H/q+1;/p-1. The van der Waals surface area contributed by atoms with Gasteiger partial charge in [0.05, 0.1) is 13.2 Å². The first-order valence-corrected chi connectivity index (χ1v) is 12.7. The predicted molar refractivity (Wildman–Crippen MR) is 145 cm³/mol. The van der Waals surface area contributed by atoms with E-state index in [1.165, 1.54) is 5.56 Å². The summed E-state index contributed by atoms with van der Waals surface area (Å²) in [6, 6.07) is 19.1. The van der Waals surface area contributed by atoms with Crippen molar-refractivity contribution < 1.29 is 26.3 Å². The highest BCUT2D eigenvalue weighted by Gasteiger charge is 2.20. The molecule has 4 nitrogen and oxygen atoms in total. The number of nitrogens with one attached hydrogen (secondary N) is 1. The molecule has 0 radical (unpaired) electrons. The summed E-state index contributed by atoms with van der Waals surface area (Å²) >= 11 is 25.1. The van der Waals surface area contributed by atoms with Crippen molar-refractivity contribution in [3.63, 3.8) is 0 Å². The van der Waals surface area contributed by atoms with Crippen molar-refractivity contribution in [1.29, 1.82) is 0 Å². The van der Waals surface area contributed by atoms with E-state index in [0.717, 1.165) is 29.9 Å². The van der Waals surface area contributed by atoms with Gasteiger partial charge in [0.15, 0.2) is 0 Å². The van der Waals surface area contributed by atoms with Crippen molar-refractivity contribution in [1.82, 2.24) is 4.57 Å². The van der Waals surface area contributed by atoms with Crippen LogP contribution < -0.4 is 26.9 Å². The fourth-order valence-electron chi connectivity index (χ4n) is 3.79. The Labute approximate surface area is 242 Å². The Morgan fingerprint density at radius 2 is 1.67 bits per heavy atom. The molecule has 0 aliphatic rings. The van der Waals surface area contributed by atoms with Gasteiger partial charge in [0.25, 0.3) is 0 Å². The predicted octanol–water partition coefficient (Wildman–Crippen LogP) is 4.77. The van der Waals surface area contributed by atoms with Gasteiger partial charge in [-0.3, -0.25) is 0 Å². The van der Waals surface area contributed by atoms with E-state index in [1.807, 2.05) is 36.5 Å². The van der Waals surface area contributed by atoms with Crippen LogP contribution in [0.3, 0.4) is 0 Å². The summed E-state index contributed by atoms with van der Waals surface area (Å²) < 4.78 is 10.6. The van der Waals surface area contributed by atoms with Crippen LogP contribution in [0, 0.1) is 6.92 Å². The molecule has 0 aliphatic heterocycles. The van der Waals surface area contributed by atoms with Gasteiger partial charge in [0.2, 0.25) is 6.33 Å². The second-order valence-corrected chi connectivity index (χ2v) is 9.98. The number of halogens is 5. The summed E-state index contributed by atoms with van der Waals surface area (Å²) in [4.78, 5) is 0. The van der Waals surface area contributed by atoms with E-state index in [0.29, 0.717) is 33.2 Å². The average Bonchev–Trinajstić information content (AvgIpc) is 3.26. The summed E-state index contributed by atoms with van der Waals surface area (Å²) in [6.07, 6.45) is 5.84.